The minimum absolute atomic E-state index is 0.336. The molecule has 0 saturated carbocycles. The van der Waals surface area contributed by atoms with Gasteiger partial charge in [0.2, 0.25) is 5.91 Å². The molecule has 0 saturated heterocycles. The molecule has 0 heterocycles. The van der Waals surface area contributed by atoms with Gasteiger partial charge in [-0.25, -0.2) is 13.6 Å². The highest BCUT2D eigenvalue weighted by Gasteiger charge is 2.17. The smallest absolute Gasteiger partial charge is 0.340 e. The topological polar surface area (TPSA) is 55.4 Å². The van der Waals surface area contributed by atoms with Crippen molar-refractivity contribution in [2.75, 3.05) is 18.3 Å². The number of ether oxygens (including phenoxy) is 1. The maximum atomic E-state index is 13.2. The fourth-order valence-corrected chi connectivity index (χ4v) is 1.16. The number of carbonyl (C=O) groups is 2. The van der Waals surface area contributed by atoms with E-state index in [9.17, 15) is 18.4 Å². The van der Waals surface area contributed by atoms with Crippen LogP contribution in [0.2, 0.25) is 0 Å². The van der Waals surface area contributed by atoms with Crippen LogP contribution in [-0.4, -0.2) is 24.9 Å². The Hall–Kier alpha value is -1.69. The molecule has 1 N–H and O–H groups in total. The second-order valence-electron chi connectivity index (χ2n) is 2.99. The van der Waals surface area contributed by atoms with Gasteiger partial charge >= 0.3 is 5.97 Å². The van der Waals surface area contributed by atoms with E-state index in [-0.39, 0.29) is 11.6 Å². The molecule has 4 nitrogen and oxygen atoms in total. The molecule has 0 unspecified atom stereocenters. The molecular weight excluding hydrogens is 256 g/mol. The minimum atomic E-state index is -1.07. The fourth-order valence-electron chi connectivity index (χ4n) is 1.09. The number of carbonyl (C=O) groups excluding carboxylic acids is 2. The summed E-state index contributed by atoms with van der Waals surface area (Å²) in [6.45, 7) is 0. The Balaban J connectivity index is 3.14. The zero-order valence-electron chi connectivity index (χ0n) is 8.72. The van der Waals surface area contributed by atoms with Crippen molar-refractivity contribution < 1.29 is 23.1 Å². The molecule has 1 aromatic carbocycles. The molecule has 0 aromatic heterocycles. The fraction of sp³-hybridized carbons (Fsp3) is 0.200. The normalized spacial score (nSPS) is 9.88. The van der Waals surface area contributed by atoms with Gasteiger partial charge in [0.25, 0.3) is 0 Å². The van der Waals surface area contributed by atoms with Crippen LogP contribution in [0.25, 0.3) is 0 Å². The van der Waals surface area contributed by atoms with E-state index in [4.69, 9.17) is 11.6 Å². The summed E-state index contributed by atoms with van der Waals surface area (Å²) in [5.74, 6) is -4.10. The van der Waals surface area contributed by atoms with Crippen LogP contribution in [0.5, 0.6) is 0 Å². The van der Waals surface area contributed by atoms with Gasteiger partial charge in [0, 0.05) is 6.07 Å². The van der Waals surface area contributed by atoms with E-state index in [0.717, 1.165) is 13.2 Å². The molecule has 0 atom stereocenters. The van der Waals surface area contributed by atoms with Crippen molar-refractivity contribution in [2.24, 2.45) is 0 Å². The van der Waals surface area contributed by atoms with Crippen LogP contribution in [0.1, 0.15) is 10.4 Å². The molecule has 7 heteroatoms. The lowest BCUT2D eigenvalue weighted by molar-refractivity contribution is -0.113. The van der Waals surface area contributed by atoms with Crippen molar-refractivity contribution in [1.82, 2.24) is 0 Å². The Bertz CT molecular complexity index is 465. The van der Waals surface area contributed by atoms with Crippen LogP contribution in [0.3, 0.4) is 0 Å². The zero-order valence-corrected chi connectivity index (χ0v) is 9.48. The summed E-state index contributed by atoms with van der Waals surface area (Å²) in [5, 5.41) is 2.09. The van der Waals surface area contributed by atoms with Gasteiger partial charge in [0.05, 0.1) is 18.4 Å². The van der Waals surface area contributed by atoms with E-state index in [1.807, 2.05) is 0 Å². The lowest BCUT2D eigenvalue weighted by Crippen LogP contribution is -2.15. The van der Waals surface area contributed by atoms with Crippen molar-refractivity contribution in [3.05, 3.63) is 29.3 Å². The third-order valence-electron chi connectivity index (χ3n) is 1.86. The van der Waals surface area contributed by atoms with E-state index in [1.165, 1.54) is 0 Å². The van der Waals surface area contributed by atoms with Crippen molar-refractivity contribution in [3.63, 3.8) is 0 Å². The van der Waals surface area contributed by atoms with Crippen molar-refractivity contribution in [1.29, 1.82) is 0 Å². The average molecular weight is 264 g/mol. The van der Waals surface area contributed by atoms with E-state index in [2.05, 4.69) is 10.1 Å². The number of benzene rings is 1. The highest BCUT2D eigenvalue weighted by atomic mass is 35.5. The summed E-state index contributed by atoms with van der Waals surface area (Å²) in [5.41, 5.74) is -0.809. The Labute approximate surface area is 101 Å². The van der Waals surface area contributed by atoms with Gasteiger partial charge in [-0.1, -0.05) is 0 Å². The van der Waals surface area contributed by atoms with E-state index >= 15 is 0 Å². The number of amides is 1. The predicted molar refractivity (Wildman–Crippen MR) is 57.0 cm³/mol. The molecule has 0 bridgehead atoms. The molecule has 1 rings (SSSR count). The number of anilines is 1. The predicted octanol–water partition coefficient (Wildman–Crippen LogP) is 1.93. The largest absolute Gasteiger partial charge is 0.465 e. The second kappa shape index (κ2) is 5.58. The number of hydrogen-bond donors (Lipinski definition) is 1. The van der Waals surface area contributed by atoms with Crippen LogP contribution in [0, 0.1) is 11.6 Å². The standard InChI is InChI=1S/C10H8ClF2NO3/c1-17-10(16)5-2-8(14-9(15)4-11)7(13)3-6(5)12/h2-3H,4H2,1H3,(H,14,15). The monoisotopic (exact) mass is 263 g/mol. The Morgan fingerprint density at radius 3 is 2.53 bits per heavy atom. The summed E-state index contributed by atoms with van der Waals surface area (Å²) in [7, 11) is 1.06. The molecule has 1 amide bonds. The summed E-state index contributed by atoms with van der Waals surface area (Å²) in [6.07, 6.45) is 0. The SMILES string of the molecule is COC(=O)c1cc(NC(=O)CCl)c(F)cc1F. The number of rotatable bonds is 3. The molecule has 0 aliphatic rings. The van der Waals surface area contributed by atoms with Gasteiger partial charge in [0.15, 0.2) is 0 Å². The van der Waals surface area contributed by atoms with Crippen LogP contribution in [-0.2, 0) is 9.53 Å². The first-order valence-electron chi connectivity index (χ1n) is 4.42. The first-order chi connectivity index (χ1) is 7.99. The van der Waals surface area contributed by atoms with Crippen molar-refractivity contribution in [2.45, 2.75) is 0 Å². The highest BCUT2D eigenvalue weighted by molar-refractivity contribution is 6.29. The van der Waals surface area contributed by atoms with E-state index < -0.39 is 29.1 Å². The first-order valence-corrected chi connectivity index (χ1v) is 4.96. The first kappa shape index (κ1) is 13.4. The van der Waals surface area contributed by atoms with Crippen molar-refractivity contribution in [3.8, 4) is 0 Å². The van der Waals surface area contributed by atoms with Gasteiger partial charge < -0.3 is 10.1 Å². The third-order valence-corrected chi connectivity index (χ3v) is 2.10. The van der Waals surface area contributed by atoms with Gasteiger partial charge in [-0.05, 0) is 6.07 Å². The van der Waals surface area contributed by atoms with Crippen molar-refractivity contribution >= 4 is 29.2 Å². The second-order valence-corrected chi connectivity index (χ2v) is 3.25. The average Bonchev–Trinajstić information content (AvgIpc) is 2.31. The lowest BCUT2D eigenvalue weighted by atomic mass is 10.1. The highest BCUT2D eigenvalue weighted by Crippen LogP contribution is 2.20. The van der Waals surface area contributed by atoms with Gasteiger partial charge in [0.1, 0.15) is 17.5 Å². The van der Waals surface area contributed by atoms with Gasteiger partial charge in [-0.15, -0.1) is 11.6 Å². The summed E-state index contributed by atoms with van der Waals surface area (Å²) < 4.78 is 30.8. The molecule has 92 valence electrons. The number of esters is 1. The number of hydrogen-bond acceptors (Lipinski definition) is 3. The molecule has 0 fully saturated rings. The minimum Gasteiger partial charge on any atom is -0.465 e. The number of halogens is 3. The summed E-state index contributed by atoms with van der Waals surface area (Å²) in [4.78, 5) is 22.1. The molecule has 0 radical (unpaired) electrons. The quantitative estimate of drug-likeness (QED) is 0.670. The summed E-state index contributed by atoms with van der Waals surface area (Å²) in [6, 6.07) is 1.33. The molecule has 0 aliphatic carbocycles. The van der Waals surface area contributed by atoms with Crippen LogP contribution >= 0.6 is 11.6 Å². The number of alkyl halides is 1. The summed E-state index contributed by atoms with van der Waals surface area (Å²) >= 11 is 5.21. The maximum absolute atomic E-state index is 13.2. The van der Waals surface area contributed by atoms with E-state index in [0.29, 0.717) is 6.07 Å². The Kier molecular flexibility index (Phi) is 4.39. The number of nitrogens with one attached hydrogen (secondary N) is 1. The third kappa shape index (κ3) is 3.13. The molecule has 0 aliphatic heterocycles. The van der Waals surface area contributed by atoms with Gasteiger partial charge in [-0.3, -0.25) is 4.79 Å². The molecule has 17 heavy (non-hydrogen) atoms. The van der Waals surface area contributed by atoms with Gasteiger partial charge in [-0.2, -0.15) is 0 Å². The Morgan fingerprint density at radius 1 is 1.35 bits per heavy atom. The Morgan fingerprint density at radius 2 is 2.00 bits per heavy atom. The molecule has 0 spiro atoms. The van der Waals surface area contributed by atoms with Crippen LogP contribution in [0.15, 0.2) is 12.1 Å². The van der Waals surface area contributed by atoms with Crippen LogP contribution in [0.4, 0.5) is 14.5 Å². The molecular formula is C10H8ClF2NO3. The molecule has 1 aromatic rings. The zero-order chi connectivity index (χ0) is 13.0. The lowest BCUT2D eigenvalue weighted by Gasteiger charge is -2.07. The van der Waals surface area contributed by atoms with Crippen LogP contribution < -0.4 is 5.32 Å². The maximum Gasteiger partial charge on any atom is 0.340 e. The number of methoxy groups -OCH3 is 1. The van der Waals surface area contributed by atoms with E-state index in [1.54, 1.807) is 0 Å².